The fraction of sp³-hybridized carbons (Fsp3) is 0.182. The Morgan fingerprint density at radius 1 is 1.12 bits per heavy atom. The monoisotopic (exact) mass is 469 g/mol. The minimum atomic E-state index is -0.865. The summed E-state index contributed by atoms with van der Waals surface area (Å²) < 4.78 is 9.74. The number of non-ortho nitro benzene ring substituents is 1. The third kappa shape index (κ3) is 6.20. The molecule has 0 fully saturated rings. The molecule has 0 aliphatic rings. The molecule has 0 atom stereocenters. The molecule has 0 aliphatic heterocycles. The van der Waals surface area contributed by atoms with Gasteiger partial charge in [0.05, 0.1) is 35.3 Å². The third-order valence-electron chi connectivity index (χ3n) is 4.47. The molecule has 11 heteroatoms. The molecule has 3 aromatic rings. The van der Waals surface area contributed by atoms with E-state index in [2.05, 4.69) is 15.0 Å². The number of carbonyl (C=O) groups is 3. The molecule has 10 nitrogen and oxygen atoms in total. The molecule has 0 bridgehead atoms. The summed E-state index contributed by atoms with van der Waals surface area (Å²) in [5.41, 5.74) is 1.32. The van der Waals surface area contributed by atoms with Crippen LogP contribution >= 0.6 is 11.3 Å². The maximum Gasteiger partial charge on any atom is 0.338 e. The summed E-state index contributed by atoms with van der Waals surface area (Å²) in [6.07, 6.45) is 0.0559. The first-order valence-electron chi connectivity index (χ1n) is 9.60. The van der Waals surface area contributed by atoms with Crippen molar-refractivity contribution in [2.24, 2.45) is 0 Å². The van der Waals surface area contributed by atoms with Gasteiger partial charge in [0.15, 0.2) is 0 Å². The minimum Gasteiger partial charge on any atom is -0.465 e. The summed E-state index contributed by atoms with van der Waals surface area (Å²) >= 11 is 1.24. The number of hydrogen-bond acceptors (Lipinski definition) is 9. The lowest BCUT2D eigenvalue weighted by Gasteiger charge is -2.07. The number of methoxy groups -OCH3 is 1. The van der Waals surface area contributed by atoms with Crippen LogP contribution in [0.15, 0.2) is 47.8 Å². The average molecular weight is 469 g/mol. The van der Waals surface area contributed by atoms with E-state index in [-0.39, 0.29) is 30.1 Å². The van der Waals surface area contributed by atoms with Crippen LogP contribution in [-0.2, 0) is 27.3 Å². The first-order chi connectivity index (χ1) is 15.8. The van der Waals surface area contributed by atoms with Crippen LogP contribution in [0.2, 0.25) is 0 Å². The van der Waals surface area contributed by atoms with Gasteiger partial charge >= 0.3 is 11.9 Å². The number of hydrogen-bond donors (Lipinski definition) is 1. The average Bonchev–Trinajstić information content (AvgIpc) is 3.25. The van der Waals surface area contributed by atoms with Crippen molar-refractivity contribution < 1.29 is 28.8 Å². The minimum absolute atomic E-state index is 0.0559. The first-order valence-corrected chi connectivity index (χ1v) is 10.5. The van der Waals surface area contributed by atoms with Crippen LogP contribution in [0.1, 0.15) is 37.0 Å². The van der Waals surface area contributed by atoms with Crippen LogP contribution in [0.5, 0.6) is 0 Å². The number of amides is 1. The Kier molecular flexibility index (Phi) is 7.46. The van der Waals surface area contributed by atoms with E-state index in [0.717, 1.165) is 36.6 Å². The molecule has 0 aliphatic carbocycles. The number of anilines is 1. The zero-order chi connectivity index (χ0) is 24.0. The van der Waals surface area contributed by atoms with Crippen molar-refractivity contribution in [2.45, 2.75) is 20.0 Å². The number of nitro benzene ring substituents is 1. The Morgan fingerprint density at radius 2 is 1.82 bits per heavy atom. The molecule has 1 aromatic heterocycles. The van der Waals surface area contributed by atoms with Crippen LogP contribution < -0.4 is 5.32 Å². The predicted molar refractivity (Wildman–Crippen MR) is 119 cm³/mol. The fourth-order valence-electron chi connectivity index (χ4n) is 2.83. The first kappa shape index (κ1) is 23.5. The van der Waals surface area contributed by atoms with Crippen molar-refractivity contribution >= 4 is 40.6 Å². The molecule has 2 aromatic carbocycles. The van der Waals surface area contributed by atoms with Crippen LogP contribution in [0.4, 0.5) is 11.4 Å². The lowest BCUT2D eigenvalue weighted by Crippen LogP contribution is -2.15. The molecular weight excluding hydrogens is 450 g/mol. The topological polar surface area (TPSA) is 138 Å². The van der Waals surface area contributed by atoms with E-state index >= 15 is 0 Å². The maximum atomic E-state index is 12.4. The van der Waals surface area contributed by atoms with E-state index in [1.807, 2.05) is 25.1 Å². The number of thiazole rings is 1. The summed E-state index contributed by atoms with van der Waals surface area (Å²) in [7, 11) is 1.13. The van der Waals surface area contributed by atoms with Crippen LogP contribution in [-0.4, -0.2) is 34.9 Å². The number of nitrogens with one attached hydrogen (secondary N) is 1. The van der Waals surface area contributed by atoms with Gasteiger partial charge in [0, 0.05) is 23.2 Å². The lowest BCUT2D eigenvalue weighted by molar-refractivity contribution is -0.384. The summed E-state index contributed by atoms with van der Waals surface area (Å²) in [5, 5.41) is 16.1. The summed E-state index contributed by atoms with van der Waals surface area (Å²) in [6.45, 7) is 1.69. The number of benzene rings is 2. The second-order valence-corrected chi connectivity index (χ2v) is 7.81. The van der Waals surface area contributed by atoms with Crippen molar-refractivity contribution in [3.8, 4) is 0 Å². The SMILES string of the molecule is COC(=O)c1cc(C(=O)OCc2csc(CC(=O)Nc3ccccc3C)n2)cc([N+](=O)[O-])c1. The van der Waals surface area contributed by atoms with E-state index in [1.165, 1.54) is 11.3 Å². The highest BCUT2D eigenvalue weighted by Gasteiger charge is 2.20. The Hall–Kier alpha value is -4.12. The summed E-state index contributed by atoms with van der Waals surface area (Å²) in [4.78, 5) is 51.1. The number of rotatable bonds is 8. The number of aryl methyl sites for hydroxylation is 1. The highest BCUT2D eigenvalue weighted by Crippen LogP contribution is 2.20. The van der Waals surface area contributed by atoms with Crippen LogP contribution in [0.25, 0.3) is 0 Å². The standard InChI is InChI=1S/C22H19N3O7S/c1-13-5-3-4-6-18(13)24-19(26)10-20-23-16(12-33-20)11-32-22(28)15-7-14(21(27)31-2)8-17(9-15)25(29)30/h3-9,12H,10-11H2,1-2H3,(H,24,26). The van der Waals surface area contributed by atoms with Crippen molar-refractivity contribution in [1.29, 1.82) is 0 Å². The molecule has 1 amide bonds. The van der Waals surface area contributed by atoms with E-state index in [1.54, 1.807) is 11.4 Å². The molecule has 0 saturated heterocycles. The molecule has 33 heavy (non-hydrogen) atoms. The maximum absolute atomic E-state index is 12.4. The van der Waals surface area contributed by atoms with Crippen molar-refractivity contribution in [3.05, 3.63) is 85.4 Å². The van der Waals surface area contributed by atoms with E-state index in [9.17, 15) is 24.5 Å². The molecule has 1 N–H and O–H groups in total. The van der Waals surface area contributed by atoms with Gasteiger partial charge in [0.1, 0.15) is 11.6 Å². The fourth-order valence-corrected chi connectivity index (χ4v) is 3.61. The molecule has 0 unspecified atom stereocenters. The van der Waals surface area contributed by atoms with Gasteiger partial charge in [-0.15, -0.1) is 11.3 Å². The molecular formula is C22H19N3O7S. The smallest absolute Gasteiger partial charge is 0.338 e. The van der Waals surface area contributed by atoms with Crippen LogP contribution in [0, 0.1) is 17.0 Å². The van der Waals surface area contributed by atoms with Crippen molar-refractivity contribution in [3.63, 3.8) is 0 Å². The van der Waals surface area contributed by atoms with Gasteiger partial charge in [0.25, 0.3) is 5.69 Å². The number of aromatic nitrogens is 1. The Morgan fingerprint density at radius 3 is 2.48 bits per heavy atom. The number of para-hydroxylation sites is 1. The molecule has 0 saturated carbocycles. The normalized spacial score (nSPS) is 10.4. The zero-order valence-corrected chi connectivity index (χ0v) is 18.5. The molecule has 1 heterocycles. The number of nitrogens with zero attached hydrogens (tertiary/aromatic N) is 2. The van der Waals surface area contributed by atoms with Crippen molar-refractivity contribution in [1.82, 2.24) is 4.98 Å². The quantitative estimate of drug-likeness (QED) is 0.299. The van der Waals surface area contributed by atoms with Gasteiger partial charge < -0.3 is 14.8 Å². The van der Waals surface area contributed by atoms with Gasteiger partial charge in [-0.25, -0.2) is 14.6 Å². The highest BCUT2D eigenvalue weighted by molar-refractivity contribution is 7.09. The van der Waals surface area contributed by atoms with Gasteiger partial charge in [-0.1, -0.05) is 18.2 Å². The Labute approximate surface area is 192 Å². The van der Waals surface area contributed by atoms with E-state index < -0.39 is 22.5 Å². The third-order valence-corrected chi connectivity index (χ3v) is 5.36. The van der Waals surface area contributed by atoms with Crippen molar-refractivity contribution in [2.75, 3.05) is 12.4 Å². The number of ether oxygens (including phenoxy) is 2. The van der Waals surface area contributed by atoms with E-state index in [0.29, 0.717) is 10.7 Å². The lowest BCUT2D eigenvalue weighted by atomic mass is 10.1. The molecule has 3 rings (SSSR count). The number of nitro groups is 1. The Balaban J connectivity index is 1.62. The second-order valence-electron chi connectivity index (χ2n) is 6.87. The predicted octanol–water partition coefficient (Wildman–Crippen LogP) is 3.68. The Bertz CT molecular complexity index is 1220. The number of carbonyl (C=O) groups excluding carboxylic acids is 3. The number of esters is 2. The van der Waals surface area contributed by atoms with E-state index in [4.69, 9.17) is 4.74 Å². The summed E-state index contributed by atoms with van der Waals surface area (Å²) in [6, 6.07) is 10.6. The van der Waals surface area contributed by atoms with Gasteiger partial charge in [0.2, 0.25) is 5.91 Å². The molecule has 0 spiro atoms. The van der Waals surface area contributed by atoms with Gasteiger partial charge in [-0.3, -0.25) is 14.9 Å². The molecule has 170 valence electrons. The zero-order valence-electron chi connectivity index (χ0n) is 17.7. The van der Waals surface area contributed by atoms with Gasteiger partial charge in [-0.05, 0) is 24.6 Å². The molecule has 0 radical (unpaired) electrons. The largest absolute Gasteiger partial charge is 0.465 e. The van der Waals surface area contributed by atoms with Gasteiger partial charge in [-0.2, -0.15) is 0 Å². The second kappa shape index (κ2) is 10.5. The highest BCUT2D eigenvalue weighted by atomic mass is 32.1. The van der Waals surface area contributed by atoms with Crippen LogP contribution in [0.3, 0.4) is 0 Å². The summed E-state index contributed by atoms with van der Waals surface area (Å²) in [5.74, 6) is -1.91.